The van der Waals surface area contributed by atoms with Gasteiger partial charge in [-0.1, -0.05) is 19.3 Å². The van der Waals surface area contributed by atoms with Crippen LogP contribution in [-0.4, -0.2) is 25.8 Å². The van der Waals surface area contributed by atoms with Gasteiger partial charge in [0.2, 0.25) is 10.0 Å². The van der Waals surface area contributed by atoms with E-state index in [1.165, 1.54) is 12.7 Å². The summed E-state index contributed by atoms with van der Waals surface area (Å²) < 4.78 is 31.3. The Morgan fingerprint density at radius 2 is 2.11 bits per heavy atom. The average Bonchev–Trinajstić information content (AvgIpc) is 2.91. The summed E-state index contributed by atoms with van der Waals surface area (Å²) in [6.45, 7) is -0.0391. The van der Waals surface area contributed by atoms with Gasteiger partial charge < -0.3 is 9.52 Å². The lowest BCUT2D eigenvalue weighted by Crippen LogP contribution is -2.33. The van der Waals surface area contributed by atoms with Crippen LogP contribution in [0.15, 0.2) is 22.8 Å². The molecule has 1 saturated carbocycles. The molecule has 6 heteroatoms. The maximum atomic E-state index is 11.9. The van der Waals surface area contributed by atoms with Gasteiger partial charge in [0, 0.05) is 6.54 Å². The summed E-state index contributed by atoms with van der Waals surface area (Å²) in [5.74, 6) is 0.796. The standard InChI is InChI=1S/C13H21NO4S/c15-12(13-7-4-8-18-13)9-14-19(16,17)10-11-5-2-1-3-6-11/h4,7-8,11-12,14-15H,1-3,5-6,9-10H2/t12-/m0/s1. The Kier molecular flexibility index (Phi) is 5.01. The van der Waals surface area contributed by atoms with Crippen molar-refractivity contribution in [3.05, 3.63) is 24.2 Å². The summed E-state index contributed by atoms with van der Waals surface area (Å²) in [6, 6.07) is 3.29. The maximum absolute atomic E-state index is 11.9. The molecule has 1 heterocycles. The average molecular weight is 287 g/mol. The van der Waals surface area contributed by atoms with Crippen molar-refractivity contribution in [2.24, 2.45) is 5.92 Å². The van der Waals surface area contributed by atoms with Crippen molar-refractivity contribution in [2.45, 2.75) is 38.2 Å². The van der Waals surface area contributed by atoms with Crippen LogP contribution in [0, 0.1) is 5.92 Å². The molecule has 108 valence electrons. The van der Waals surface area contributed by atoms with Crippen LogP contribution in [0.4, 0.5) is 0 Å². The van der Waals surface area contributed by atoms with Gasteiger partial charge in [0.05, 0.1) is 12.0 Å². The van der Waals surface area contributed by atoms with Crippen LogP contribution in [0.2, 0.25) is 0 Å². The Morgan fingerprint density at radius 1 is 1.37 bits per heavy atom. The number of nitrogens with one attached hydrogen (secondary N) is 1. The fourth-order valence-electron chi connectivity index (χ4n) is 2.51. The molecule has 1 aliphatic carbocycles. The smallest absolute Gasteiger partial charge is 0.211 e. The zero-order valence-corrected chi connectivity index (χ0v) is 11.7. The Bertz CT molecular complexity index is 463. The minimum Gasteiger partial charge on any atom is -0.467 e. The zero-order valence-electron chi connectivity index (χ0n) is 10.9. The number of aliphatic hydroxyl groups excluding tert-OH is 1. The van der Waals surface area contributed by atoms with Gasteiger partial charge in [-0.2, -0.15) is 0 Å². The van der Waals surface area contributed by atoms with E-state index >= 15 is 0 Å². The molecular formula is C13H21NO4S. The number of rotatable bonds is 6. The fourth-order valence-corrected chi connectivity index (χ4v) is 3.99. The fraction of sp³-hybridized carbons (Fsp3) is 0.692. The molecule has 0 aromatic carbocycles. The molecule has 0 amide bonds. The highest BCUT2D eigenvalue weighted by molar-refractivity contribution is 7.89. The Labute approximate surface area is 114 Å². The zero-order chi connectivity index (χ0) is 13.7. The van der Waals surface area contributed by atoms with Gasteiger partial charge in [-0.25, -0.2) is 13.1 Å². The molecule has 0 spiro atoms. The lowest BCUT2D eigenvalue weighted by atomic mass is 9.91. The quantitative estimate of drug-likeness (QED) is 0.836. The van der Waals surface area contributed by atoms with Gasteiger partial charge >= 0.3 is 0 Å². The molecule has 19 heavy (non-hydrogen) atoms. The number of furan rings is 1. The normalized spacial score (nSPS) is 19.4. The summed E-state index contributed by atoms with van der Waals surface area (Å²) in [5, 5.41) is 9.76. The first-order valence-electron chi connectivity index (χ1n) is 6.75. The molecule has 0 bridgehead atoms. The van der Waals surface area contributed by atoms with Crippen molar-refractivity contribution >= 4 is 10.0 Å². The largest absolute Gasteiger partial charge is 0.467 e. The minimum atomic E-state index is -3.32. The molecule has 0 aliphatic heterocycles. The molecule has 2 rings (SSSR count). The number of sulfonamides is 1. The second kappa shape index (κ2) is 6.54. The first kappa shape index (κ1) is 14.6. The van der Waals surface area contributed by atoms with Gasteiger partial charge in [0.15, 0.2) is 0 Å². The van der Waals surface area contributed by atoms with E-state index in [9.17, 15) is 13.5 Å². The molecule has 2 N–H and O–H groups in total. The predicted octanol–water partition coefficient (Wildman–Crippen LogP) is 1.81. The summed E-state index contributed by atoms with van der Waals surface area (Å²) >= 11 is 0. The lowest BCUT2D eigenvalue weighted by molar-refractivity contribution is 0.154. The van der Waals surface area contributed by atoms with Crippen molar-refractivity contribution in [1.29, 1.82) is 0 Å². The summed E-state index contributed by atoms with van der Waals surface area (Å²) in [5.41, 5.74) is 0. The Morgan fingerprint density at radius 3 is 2.74 bits per heavy atom. The van der Waals surface area contributed by atoms with Crippen molar-refractivity contribution in [1.82, 2.24) is 4.72 Å². The predicted molar refractivity (Wildman–Crippen MR) is 72.0 cm³/mol. The summed E-state index contributed by atoms with van der Waals surface area (Å²) in [4.78, 5) is 0. The Hall–Kier alpha value is -0.850. The third-order valence-electron chi connectivity index (χ3n) is 3.55. The molecule has 0 radical (unpaired) electrons. The van der Waals surface area contributed by atoms with Crippen LogP contribution < -0.4 is 4.72 Å². The molecule has 1 aromatic rings. The van der Waals surface area contributed by atoms with E-state index in [2.05, 4.69) is 4.72 Å². The second-order valence-corrected chi connectivity index (χ2v) is 7.02. The second-order valence-electron chi connectivity index (χ2n) is 5.17. The lowest BCUT2D eigenvalue weighted by Gasteiger charge is -2.21. The minimum absolute atomic E-state index is 0.0391. The topological polar surface area (TPSA) is 79.5 Å². The third-order valence-corrected chi connectivity index (χ3v) is 5.06. The summed E-state index contributed by atoms with van der Waals surface area (Å²) in [6.07, 6.45) is 5.94. The molecular weight excluding hydrogens is 266 g/mol. The SMILES string of the molecule is O=S(=O)(CC1CCCCC1)NC[C@H](O)c1ccco1. The molecule has 1 aliphatic rings. The third kappa shape index (κ3) is 4.63. The highest BCUT2D eigenvalue weighted by Gasteiger charge is 2.22. The van der Waals surface area contributed by atoms with E-state index in [1.54, 1.807) is 12.1 Å². The van der Waals surface area contributed by atoms with Crippen LogP contribution in [0.25, 0.3) is 0 Å². The molecule has 0 saturated heterocycles. The van der Waals surface area contributed by atoms with Gasteiger partial charge in [-0.3, -0.25) is 0 Å². The van der Waals surface area contributed by atoms with Crippen LogP contribution in [0.1, 0.15) is 44.0 Å². The van der Waals surface area contributed by atoms with Crippen molar-refractivity contribution in [3.8, 4) is 0 Å². The van der Waals surface area contributed by atoms with Gasteiger partial charge in [-0.15, -0.1) is 0 Å². The van der Waals surface area contributed by atoms with Gasteiger partial charge in [0.25, 0.3) is 0 Å². The maximum Gasteiger partial charge on any atom is 0.211 e. The van der Waals surface area contributed by atoms with E-state index < -0.39 is 16.1 Å². The molecule has 1 atom stereocenters. The highest BCUT2D eigenvalue weighted by Crippen LogP contribution is 2.24. The number of hydrogen-bond donors (Lipinski definition) is 2. The molecule has 5 nitrogen and oxygen atoms in total. The van der Waals surface area contributed by atoms with E-state index in [-0.39, 0.29) is 18.2 Å². The molecule has 1 fully saturated rings. The van der Waals surface area contributed by atoms with Gasteiger partial charge in [-0.05, 0) is 30.9 Å². The number of aliphatic hydroxyl groups is 1. The van der Waals surface area contributed by atoms with Crippen LogP contribution in [0.5, 0.6) is 0 Å². The summed E-state index contributed by atoms with van der Waals surface area (Å²) in [7, 11) is -3.32. The number of hydrogen-bond acceptors (Lipinski definition) is 4. The van der Waals surface area contributed by atoms with Crippen LogP contribution in [0.3, 0.4) is 0 Å². The van der Waals surface area contributed by atoms with Crippen LogP contribution >= 0.6 is 0 Å². The van der Waals surface area contributed by atoms with Crippen molar-refractivity contribution in [3.63, 3.8) is 0 Å². The Balaban J connectivity index is 1.80. The van der Waals surface area contributed by atoms with Crippen molar-refractivity contribution in [2.75, 3.05) is 12.3 Å². The first-order chi connectivity index (χ1) is 9.07. The van der Waals surface area contributed by atoms with Gasteiger partial charge in [0.1, 0.15) is 11.9 Å². The molecule has 1 aromatic heterocycles. The van der Waals surface area contributed by atoms with Crippen LogP contribution in [-0.2, 0) is 10.0 Å². The van der Waals surface area contributed by atoms with E-state index in [0.29, 0.717) is 5.76 Å². The first-order valence-corrected chi connectivity index (χ1v) is 8.41. The van der Waals surface area contributed by atoms with Crippen molar-refractivity contribution < 1.29 is 17.9 Å². The molecule has 0 unspecified atom stereocenters. The van der Waals surface area contributed by atoms with E-state index in [0.717, 1.165) is 25.7 Å². The monoisotopic (exact) mass is 287 g/mol. The van der Waals surface area contributed by atoms with E-state index in [1.807, 2.05) is 0 Å². The highest BCUT2D eigenvalue weighted by atomic mass is 32.2. The van der Waals surface area contributed by atoms with E-state index in [4.69, 9.17) is 4.42 Å².